The Morgan fingerprint density at radius 1 is 1.25 bits per heavy atom. The average Bonchev–Trinajstić information content (AvgIpc) is 3.11. The Morgan fingerprint density at radius 2 is 1.83 bits per heavy atom. The highest BCUT2D eigenvalue weighted by Gasteiger charge is 2.45. The molecule has 1 aliphatic carbocycles. The van der Waals surface area contributed by atoms with E-state index in [9.17, 15) is 14.9 Å². The van der Waals surface area contributed by atoms with Crippen LogP contribution < -0.4 is 0 Å². The summed E-state index contributed by atoms with van der Waals surface area (Å²) in [5, 5.41) is 18.6. The van der Waals surface area contributed by atoms with E-state index in [0.717, 1.165) is 38.5 Å². The maximum absolute atomic E-state index is 12.1. The van der Waals surface area contributed by atoms with Gasteiger partial charge in [-0.25, -0.2) is 0 Å². The molecule has 0 bridgehead atoms. The zero-order valence-corrected chi connectivity index (χ0v) is 15.2. The molecule has 2 atom stereocenters. The lowest BCUT2D eigenvalue weighted by atomic mass is 9.70. The highest BCUT2D eigenvalue weighted by Crippen LogP contribution is 2.45. The van der Waals surface area contributed by atoms with Crippen LogP contribution in [0.4, 0.5) is 0 Å². The van der Waals surface area contributed by atoms with Crippen LogP contribution in [-0.2, 0) is 14.3 Å². The predicted octanol–water partition coefficient (Wildman–Crippen LogP) is 4.31. The second-order valence-electron chi connectivity index (χ2n) is 7.17. The Balaban J connectivity index is 2.91. The van der Waals surface area contributed by atoms with Crippen molar-refractivity contribution in [1.82, 2.24) is 0 Å². The van der Waals surface area contributed by atoms with Gasteiger partial charge in [0.15, 0.2) is 0 Å². The fourth-order valence-corrected chi connectivity index (χ4v) is 3.72. The molecule has 0 aromatic heterocycles. The maximum atomic E-state index is 12.1. The molecule has 1 N–H and O–H groups in total. The summed E-state index contributed by atoms with van der Waals surface area (Å²) in [6.45, 7) is 6.13. The summed E-state index contributed by atoms with van der Waals surface area (Å²) in [7, 11) is 0. The van der Waals surface area contributed by atoms with Crippen molar-refractivity contribution in [3.63, 3.8) is 0 Å². The van der Waals surface area contributed by atoms with Gasteiger partial charge in [0.2, 0.25) is 0 Å². The van der Waals surface area contributed by atoms with Gasteiger partial charge in [0.05, 0.1) is 24.3 Å². The number of nitriles is 1. The van der Waals surface area contributed by atoms with Gasteiger partial charge in [0.25, 0.3) is 0 Å². The summed E-state index contributed by atoms with van der Waals surface area (Å²) in [6.07, 6.45) is 6.02. The maximum Gasteiger partial charge on any atom is 0.306 e. The van der Waals surface area contributed by atoms with E-state index in [1.807, 2.05) is 6.92 Å². The molecule has 2 unspecified atom stereocenters. The van der Waals surface area contributed by atoms with Gasteiger partial charge < -0.3 is 9.84 Å². The molecule has 1 aliphatic rings. The molecule has 0 saturated heterocycles. The number of aliphatic carboxylic acids is 1. The smallest absolute Gasteiger partial charge is 0.306 e. The summed E-state index contributed by atoms with van der Waals surface area (Å²) >= 11 is 0. The molecule has 0 aromatic rings. The zero-order valence-electron chi connectivity index (χ0n) is 15.2. The van der Waals surface area contributed by atoms with Gasteiger partial charge in [0, 0.05) is 0 Å². The van der Waals surface area contributed by atoms with Crippen LogP contribution in [0, 0.1) is 28.6 Å². The molecular weight excluding hydrogens is 306 g/mol. The number of carboxylic acids is 1. The predicted molar refractivity (Wildman–Crippen MR) is 91.1 cm³/mol. The SMILES string of the molecule is CCC(CC)CC(OC(=O)CCC(=O)O)C(C)(C#N)C1CCCC1. The molecule has 136 valence electrons. The number of carbonyl (C=O) groups excluding carboxylic acids is 1. The van der Waals surface area contributed by atoms with Crippen molar-refractivity contribution in [3.8, 4) is 6.07 Å². The number of esters is 1. The third-order valence-electron chi connectivity index (χ3n) is 5.63. The van der Waals surface area contributed by atoms with Crippen LogP contribution in [-0.4, -0.2) is 23.1 Å². The van der Waals surface area contributed by atoms with Gasteiger partial charge in [-0.3, -0.25) is 9.59 Å². The molecule has 0 spiro atoms. The first kappa shape index (κ1) is 20.5. The highest BCUT2D eigenvalue weighted by molar-refractivity contribution is 5.76. The summed E-state index contributed by atoms with van der Waals surface area (Å²) < 4.78 is 5.68. The van der Waals surface area contributed by atoms with Crippen LogP contribution >= 0.6 is 0 Å². The van der Waals surface area contributed by atoms with Crippen LogP contribution in [0.15, 0.2) is 0 Å². The van der Waals surface area contributed by atoms with Crippen LogP contribution in [0.25, 0.3) is 0 Å². The Kier molecular flexibility index (Phi) is 8.24. The van der Waals surface area contributed by atoms with E-state index < -0.39 is 23.5 Å². The van der Waals surface area contributed by atoms with E-state index in [4.69, 9.17) is 9.84 Å². The van der Waals surface area contributed by atoms with Gasteiger partial charge in [-0.2, -0.15) is 5.26 Å². The summed E-state index contributed by atoms with van der Waals surface area (Å²) in [4.78, 5) is 22.8. The Hall–Kier alpha value is -1.57. The van der Waals surface area contributed by atoms with Crippen LogP contribution in [0.1, 0.15) is 78.6 Å². The van der Waals surface area contributed by atoms with Crippen molar-refractivity contribution >= 4 is 11.9 Å². The number of hydrogen-bond acceptors (Lipinski definition) is 4. The van der Waals surface area contributed by atoms with Gasteiger partial charge in [-0.15, -0.1) is 0 Å². The quantitative estimate of drug-likeness (QED) is 0.600. The summed E-state index contributed by atoms with van der Waals surface area (Å²) in [6, 6.07) is 2.45. The van der Waals surface area contributed by atoms with Gasteiger partial charge in [-0.1, -0.05) is 39.5 Å². The minimum Gasteiger partial charge on any atom is -0.481 e. The van der Waals surface area contributed by atoms with Crippen molar-refractivity contribution in [1.29, 1.82) is 5.26 Å². The number of nitrogens with zero attached hydrogens (tertiary/aromatic N) is 1. The van der Waals surface area contributed by atoms with E-state index in [1.165, 1.54) is 0 Å². The van der Waals surface area contributed by atoms with Crippen molar-refractivity contribution < 1.29 is 19.4 Å². The molecule has 5 nitrogen and oxygen atoms in total. The number of rotatable bonds is 10. The number of ether oxygens (including phenoxy) is 1. The second kappa shape index (κ2) is 9.66. The number of carbonyl (C=O) groups is 2. The molecule has 0 aliphatic heterocycles. The van der Waals surface area contributed by atoms with Gasteiger partial charge in [0.1, 0.15) is 6.10 Å². The lowest BCUT2D eigenvalue weighted by Gasteiger charge is -2.37. The minimum absolute atomic E-state index is 0.138. The fourth-order valence-electron chi connectivity index (χ4n) is 3.72. The van der Waals surface area contributed by atoms with E-state index in [-0.39, 0.29) is 18.8 Å². The molecule has 0 amide bonds. The number of carboxylic acid groups (broad SMARTS) is 1. The number of hydrogen-bond donors (Lipinski definition) is 1. The Labute approximate surface area is 145 Å². The molecule has 1 fully saturated rings. The molecule has 24 heavy (non-hydrogen) atoms. The van der Waals surface area contributed by atoms with Crippen LogP contribution in [0.3, 0.4) is 0 Å². The molecule has 5 heteroatoms. The molecule has 0 aromatic carbocycles. The van der Waals surface area contributed by atoms with E-state index in [2.05, 4.69) is 19.9 Å². The molecule has 0 heterocycles. The third-order valence-corrected chi connectivity index (χ3v) is 5.63. The van der Waals surface area contributed by atoms with Crippen molar-refractivity contribution in [3.05, 3.63) is 0 Å². The van der Waals surface area contributed by atoms with E-state index in [0.29, 0.717) is 12.3 Å². The first-order chi connectivity index (χ1) is 11.4. The van der Waals surface area contributed by atoms with Crippen LogP contribution in [0.2, 0.25) is 0 Å². The van der Waals surface area contributed by atoms with Crippen molar-refractivity contribution in [2.24, 2.45) is 17.3 Å². The minimum atomic E-state index is -1.01. The Morgan fingerprint density at radius 3 is 2.29 bits per heavy atom. The van der Waals surface area contributed by atoms with Crippen LogP contribution in [0.5, 0.6) is 0 Å². The standard InChI is InChI=1S/C19H31NO4/c1-4-14(5-2)12-16(24-18(23)11-10-17(21)22)19(3,13-20)15-8-6-7-9-15/h14-16H,4-12H2,1-3H3,(H,21,22). The van der Waals surface area contributed by atoms with Crippen molar-refractivity contribution in [2.75, 3.05) is 0 Å². The molecule has 0 radical (unpaired) electrons. The molecule has 1 saturated carbocycles. The largest absolute Gasteiger partial charge is 0.481 e. The normalized spacial score (nSPS) is 18.8. The summed E-state index contributed by atoms with van der Waals surface area (Å²) in [5.74, 6) is -0.874. The fraction of sp³-hybridized carbons (Fsp3) is 0.842. The first-order valence-electron chi connectivity index (χ1n) is 9.19. The molecule has 1 rings (SSSR count). The van der Waals surface area contributed by atoms with E-state index >= 15 is 0 Å². The summed E-state index contributed by atoms with van der Waals surface area (Å²) in [5.41, 5.74) is -0.696. The highest BCUT2D eigenvalue weighted by atomic mass is 16.5. The van der Waals surface area contributed by atoms with Gasteiger partial charge >= 0.3 is 11.9 Å². The second-order valence-corrected chi connectivity index (χ2v) is 7.17. The average molecular weight is 337 g/mol. The van der Waals surface area contributed by atoms with Crippen molar-refractivity contribution in [2.45, 2.75) is 84.7 Å². The lowest BCUT2D eigenvalue weighted by molar-refractivity contribution is -0.159. The monoisotopic (exact) mass is 337 g/mol. The van der Waals surface area contributed by atoms with Gasteiger partial charge in [-0.05, 0) is 38.0 Å². The van der Waals surface area contributed by atoms with E-state index in [1.54, 1.807) is 0 Å². The third kappa shape index (κ3) is 5.51. The molecular formula is C19H31NO4. The lowest BCUT2D eigenvalue weighted by Crippen LogP contribution is -2.41. The Bertz CT molecular complexity index is 460. The zero-order chi connectivity index (χ0) is 18.2. The first-order valence-corrected chi connectivity index (χ1v) is 9.19. The topological polar surface area (TPSA) is 87.4 Å².